The summed E-state index contributed by atoms with van der Waals surface area (Å²) in [6, 6.07) is 18.5. The van der Waals surface area contributed by atoms with Gasteiger partial charge in [-0.15, -0.1) is 0 Å². The zero-order chi connectivity index (χ0) is 18.7. The molecule has 26 heavy (non-hydrogen) atoms. The molecule has 0 amide bonds. The first-order chi connectivity index (χ1) is 12.4. The van der Waals surface area contributed by atoms with Crippen LogP contribution in [0.5, 0.6) is 0 Å². The maximum absolute atomic E-state index is 12.8. The Bertz CT molecular complexity index is 786. The monoisotopic (exact) mass is 348 g/mol. The van der Waals surface area contributed by atoms with E-state index in [1.54, 1.807) is 12.1 Å². The van der Waals surface area contributed by atoms with Crippen LogP contribution < -0.4 is 0 Å². The third-order valence-electron chi connectivity index (χ3n) is 5.13. The van der Waals surface area contributed by atoms with Crippen LogP contribution in [-0.2, 0) is 9.59 Å². The lowest BCUT2D eigenvalue weighted by Gasteiger charge is -2.35. The van der Waals surface area contributed by atoms with Crippen molar-refractivity contribution in [3.8, 4) is 0 Å². The zero-order valence-electron chi connectivity index (χ0n) is 15.3. The summed E-state index contributed by atoms with van der Waals surface area (Å²) >= 11 is 0. The highest BCUT2D eigenvalue weighted by atomic mass is 16.2. The van der Waals surface area contributed by atoms with Crippen LogP contribution in [-0.4, -0.2) is 17.3 Å². The summed E-state index contributed by atoms with van der Waals surface area (Å²) in [6.45, 7) is 3.90. The van der Waals surface area contributed by atoms with Gasteiger partial charge in [-0.2, -0.15) is 0 Å². The van der Waals surface area contributed by atoms with Crippen LogP contribution in [0.2, 0.25) is 0 Å². The Morgan fingerprint density at radius 3 is 1.96 bits per heavy atom. The van der Waals surface area contributed by atoms with Gasteiger partial charge in [0.25, 0.3) is 0 Å². The number of Topliss-reactive ketones (excluding diaryl/α,β-unsaturated/α-hetero) is 3. The molecular formula is C23H24O3. The van der Waals surface area contributed by atoms with E-state index in [2.05, 4.69) is 0 Å². The normalized spacial score (nSPS) is 18.5. The van der Waals surface area contributed by atoms with Gasteiger partial charge in [-0.1, -0.05) is 74.5 Å². The molecule has 1 saturated carbocycles. The predicted molar refractivity (Wildman–Crippen MR) is 101 cm³/mol. The number of hydrogen-bond donors (Lipinski definition) is 0. The van der Waals surface area contributed by atoms with Crippen molar-refractivity contribution in [1.29, 1.82) is 0 Å². The Balaban J connectivity index is 1.93. The molecule has 3 heteroatoms. The van der Waals surface area contributed by atoms with E-state index in [0.717, 1.165) is 5.56 Å². The van der Waals surface area contributed by atoms with E-state index in [1.165, 1.54) is 0 Å². The van der Waals surface area contributed by atoms with Crippen LogP contribution >= 0.6 is 0 Å². The van der Waals surface area contributed by atoms with Crippen molar-refractivity contribution >= 4 is 17.3 Å². The molecule has 1 unspecified atom stereocenters. The van der Waals surface area contributed by atoms with Gasteiger partial charge in [0.15, 0.2) is 5.78 Å². The first kappa shape index (κ1) is 18.2. The fourth-order valence-corrected chi connectivity index (χ4v) is 3.92. The van der Waals surface area contributed by atoms with Gasteiger partial charge in [-0.3, -0.25) is 14.4 Å². The van der Waals surface area contributed by atoms with Crippen LogP contribution in [0, 0.1) is 11.3 Å². The largest absolute Gasteiger partial charge is 0.299 e. The van der Waals surface area contributed by atoms with Gasteiger partial charge < -0.3 is 0 Å². The predicted octanol–water partition coefficient (Wildman–Crippen LogP) is 4.62. The van der Waals surface area contributed by atoms with Crippen molar-refractivity contribution in [2.24, 2.45) is 11.3 Å². The van der Waals surface area contributed by atoms with Crippen molar-refractivity contribution in [1.82, 2.24) is 0 Å². The lowest BCUT2D eigenvalue weighted by molar-refractivity contribution is -0.140. The van der Waals surface area contributed by atoms with Crippen molar-refractivity contribution in [3.05, 3.63) is 71.8 Å². The smallest absolute Gasteiger partial charge is 0.163 e. The van der Waals surface area contributed by atoms with E-state index in [-0.39, 0.29) is 29.2 Å². The molecule has 0 bridgehead atoms. The topological polar surface area (TPSA) is 51.2 Å². The molecule has 0 saturated heterocycles. The molecule has 0 heterocycles. The fraction of sp³-hybridized carbons (Fsp3) is 0.348. The molecule has 134 valence electrons. The van der Waals surface area contributed by atoms with Crippen molar-refractivity contribution in [3.63, 3.8) is 0 Å². The van der Waals surface area contributed by atoms with Crippen LogP contribution in [0.3, 0.4) is 0 Å². The van der Waals surface area contributed by atoms with E-state index < -0.39 is 11.8 Å². The first-order valence-electron chi connectivity index (χ1n) is 9.06. The number of carbonyl (C=O) groups is 3. The molecule has 3 nitrogen and oxygen atoms in total. The van der Waals surface area contributed by atoms with Gasteiger partial charge in [-0.05, 0) is 11.0 Å². The average molecular weight is 348 g/mol. The van der Waals surface area contributed by atoms with E-state index in [9.17, 15) is 14.4 Å². The third kappa shape index (κ3) is 3.98. The lowest BCUT2D eigenvalue weighted by atomic mass is 9.65. The maximum Gasteiger partial charge on any atom is 0.163 e. The van der Waals surface area contributed by atoms with Crippen molar-refractivity contribution in [2.75, 3.05) is 0 Å². The van der Waals surface area contributed by atoms with Gasteiger partial charge >= 0.3 is 0 Å². The van der Waals surface area contributed by atoms with Gasteiger partial charge in [0.05, 0.1) is 5.92 Å². The van der Waals surface area contributed by atoms with Crippen molar-refractivity contribution < 1.29 is 14.4 Å². The standard InChI is InChI=1S/C23H24O3/c1-23(2)14-20(25)22(21(26)15-23)18(16-9-5-3-6-10-16)13-19(24)17-11-7-4-8-12-17/h3-12,18,22H,13-15H2,1-2H3. The summed E-state index contributed by atoms with van der Waals surface area (Å²) < 4.78 is 0. The second kappa shape index (κ2) is 7.36. The van der Waals surface area contributed by atoms with Gasteiger partial charge in [0.2, 0.25) is 0 Å². The Kier molecular flexibility index (Phi) is 5.17. The molecule has 1 aliphatic carbocycles. The molecule has 1 atom stereocenters. The minimum atomic E-state index is -0.724. The Labute approximate surface area is 154 Å². The molecule has 0 spiro atoms. The molecule has 0 aromatic heterocycles. The summed E-state index contributed by atoms with van der Waals surface area (Å²) in [6.07, 6.45) is 0.926. The van der Waals surface area contributed by atoms with E-state index in [1.807, 2.05) is 62.4 Å². The molecule has 2 aromatic carbocycles. The van der Waals surface area contributed by atoms with Crippen LogP contribution in [0.15, 0.2) is 60.7 Å². The Hall–Kier alpha value is -2.55. The van der Waals surface area contributed by atoms with Crippen LogP contribution in [0.1, 0.15) is 54.9 Å². The molecule has 1 fully saturated rings. The number of benzene rings is 2. The molecule has 0 radical (unpaired) electrons. The SMILES string of the molecule is CC1(C)CC(=O)C(C(CC(=O)c2ccccc2)c2ccccc2)C(=O)C1. The fourth-order valence-electron chi connectivity index (χ4n) is 3.92. The van der Waals surface area contributed by atoms with Gasteiger partial charge in [-0.25, -0.2) is 0 Å². The summed E-state index contributed by atoms with van der Waals surface area (Å²) in [5, 5.41) is 0. The molecule has 3 rings (SSSR count). The molecule has 1 aliphatic rings. The minimum Gasteiger partial charge on any atom is -0.299 e. The quantitative estimate of drug-likeness (QED) is 0.585. The molecule has 0 aliphatic heterocycles. The number of hydrogen-bond acceptors (Lipinski definition) is 3. The summed E-state index contributed by atoms with van der Waals surface area (Å²) in [4.78, 5) is 38.4. The Morgan fingerprint density at radius 2 is 1.42 bits per heavy atom. The van der Waals surface area contributed by atoms with Gasteiger partial charge in [0, 0.05) is 30.7 Å². The second-order valence-corrected chi connectivity index (χ2v) is 7.94. The number of rotatable bonds is 5. The highest BCUT2D eigenvalue weighted by Crippen LogP contribution is 2.41. The van der Waals surface area contributed by atoms with Crippen LogP contribution in [0.4, 0.5) is 0 Å². The summed E-state index contributed by atoms with van der Waals surface area (Å²) in [5.74, 6) is -1.25. The summed E-state index contributed by atoms with van der Waals surface area (Å²) in [5.41, 5.74) is 1.20. The first-order valence-corrected chi connectivity index (χ1v) is 9.06. The second-order valence-electron chi connectivity index (χ2n) is 7.94. The average Bonchev–Trinajstić information content (AvgIpc) is 2.60. The Morgan fingerprint density at radius 1 is 0.923 bits per heavy atom. The summed E-state index contributed by atoms with van der Waals surface area (Å²) in [7, 11) is 0. The molecular weight excluding hydrogens is 324 g/mol. The molecule has 2 aromatic rings. The van der Waals surface area contributed by atoms with E-state index in [4.69, 9.17) is 0 Å². The van der Waals surface area contributed by atoms with E-state index in [0.29, 0.717) is 18.4 Å². The lowest BCUT2D eigenvalue weighted by Crippen LogP contribution is -2.41. The minimum absolute atomic E-state index is 0.0371. The third-order valence-corrected chi connectivity index (χ3v) is 5.13. The highest BCUT2D eigenvalue weighted by molar-refractivity contribution is 6.07. The van der Waals surface area contributed by atoms with Gasteiger partial charge in [0.1, 0.15) is 11.6 Å². The zero-order valence-corrected chi connectivity index (χ0v) is 15.3. The maximum atomic E-state index is 12.8. The van der Waals surface area contributed by atoms with E-state index >= 15 is 0 Å². The van der Waals surface area contributed by atoms with Crippen LogP contribution in [0.25, 0.3) is 0 Å². The number of ketones is 3. The highest BCUT2D eigenvalue weighted by Gasteiger charge is 2.44. The molecule has 0 N–H and O–H groups in total. The number of carbonyl (C=O) groups excluding carboxylic acids is 3. The van der Waals surface area contributed by atoms with Crippen molar-refractivity contribution in [2.45, 2.75) is 39.0 Å².